The van der Waals surface area contributed by atoms with E-state index >= 15 is 0 Å². The molecule has 2 aromatic rings. The third-order valence-electron chi connectivity index (χ3n) is 6.20. The number of aryl methyl sites for hydroxylation is 1. The first-order valence-electron chi connectivity index (χ1n) is 10.3. The fourth-order valence-corrected chi connectivity index (χ4v) is 4.68. The van der Waals surface area contributed by atoms with E-state index in [1.807, 2.05) is 17.9 Å². The van der Waals surface area contributed by atoms with Gasteiger partial charge in [-0.3, -0.25) is 9.59 Å². The lowest BCUT2D eigenvalue weighted by molar-refractivity contribution is -0.137. The van der Waals surface area contributed by atoms with Gasteiger partial charge in [-0.05, 0) is 50.8 Å². The molecule has 2 amide bonds. The van der Waals surface area contributed by atoms with E-state index in [0.717, 1.165) is 49.7 Å². The van der Waals surface area contributed by atoms with Crippen molar-refractivity contribution in [1.29, 1.82) is 0 Å². The number of furan rings is 1. The van der Waals surface area contributed by atoms with Crippen molar-refractivity contribution in [3.63, 3.8) is 0 Å². The Labute approximate surface area is 170 Å². The maximum absolute atomic E-state index is 12.7. The molecule has 2 aliphatic rings. The number of fused-ring (bicyclic) bond motifs is 1. The SMILES string of the molecule is Cc1c(C(=O)NC2CCN(C(=O)C3CCCCC3)CC2)oc2ccc(Cl)cc12. The number of piperidine rings is 1. The molecule has 0 unspecified atom stereocenters. The molecule has 0 bridgehead atoms. The molecule has 1 aliphatic carbocycles. The average molecular weight is 403 g/mol. The third kappa shape index (κ3) is 3.90. The number of nitrogens with one attached hydrogen (secondary N) is 1. The summed E-state index contributed by atoms with van der Waals surface area (Å²) in [5.74, 6) is 0.680. The van der Waals surface area contributed by atoms with Crippen LogP contribution in [0.2, 0.25) is 5.02 Å². The fraction of sp³-hybridized carbons (Fsp3) is 0.545. The molecule has 1 saturated heterocycles. The number of carbonyl (C=O) groups excluding carboxylic acids is 2. The summed E-state index contributed by atoms with van der Waals surface area (Å²) in [4.78, 5) is 27.4. The van der Waals surface area contributed by atoms with Gasteiger partial charge in [0.05, 0.1) is 0 Å². The van der Waals surface area contributed by atoms with Crippen molar-refractivity contribution in [3.8, 4) is 0 Å². The molecule has 150 valence electrons. The minimum Gasteiger partial charge on any atom is -0.451 e. The molecule has 0 atom stereocenters. The van der Waals surface area contributed by atoms with Gasteiger partial charge < -0.3 is 14.6 Å². The first-order chi connectivity index (χ1) is 13.5. The largest absolute Gasteiger partial charge is 0.451 e. The Hall–Kier alpha value is -2.01. The fourth-order valence-electron chi connectivity index (χ4n) is 4.51. The van der Waals surface area contributed by atoms with Gasteiger partial charge in [-0.25, -0.2) is 0 Å². The second-order valence-corrected chi connectivity index (χ2v) is 8.54. The molecule has 0 radical (unpaired) electrons. The van der Waals surface area contributed by atoms with Crippen LogP contribution in [0.15, 0.2) is 22.6 Å². The van der Waals surface area contributed by atoms with E-state index < -0.39 is 0 Å². The molecule has 0 spiro atoms. The Morgan fingerprint density at radius 3 is 2.54 bits per heavy atom. The molecule has 5 nitrogen and oxygen atoms in total. The van der Waals surface area contributed by atoms with E-state index in [2.05, 4.69) is 5.32 Å². The Kier molecular flexibility index (Phi) is 5.63. The normalized spacial score (nSPS) is 19.1. The van der Waals surface area contributed by atoms with Crippen LogP contribution in [0, 0.1) is 12.8 Å². The van der Waals surface area contributed by atoms with Crippen molar-refractivity contribution in [2.75, 3.05) is 13.1 Å². The van der Waals surface area contributed by atoms with Gasteiger partial charge in [-0.15, -0.1) is 0 Å². The smallest absolute Gasteiger partial charge is 0.287 e. The molecule has 2 fully saturated rings. The van der Waals surface area contributed by atoms with E-state index in [1.54, 1.807) is 12.1 Å². The van der Waals surface area contributed by atoms with Gasteiger partial charge in [-0.1, -0.05) is 30.9 Å². The Bertz CT molecular complexity index is 877. The predicted octanol–water partition coefficient (Wildman–Crippen LogP) is 4.70. The standard InChI is InChI=1S/C22H27ClN2O3/c1-14-18-13-16(23)7-8-19(18)28-20(14)21(26)24-17-9-11-25(12-10-17)22(27)15-5-3-2-4-6-15/h7-8,13,15,17H,2-6,9-12H2,1H3,(H,24,26). The molecule has 28 heavy (non-hydrogen) atoms. The maximum atomic E-state index is 12.7. The van der Waals surface area contributed by atoms with E-state index in [9.17, 15) is 9.59 Å². The lowest BCUT2D eigenvalue weighted by Crippen LogP contribution is -2.48. The lowest BCUT2D eigenvalue weighted by atomic mass is 9.87. The van der Waals surface area contributed by atoms with Crippen molar-refractivity contribution in [2.24, 2.45) is 5.92 Å². The number of hydrogen-bond acceptors (Lipinski definition) is 3. The molecule has 6 heteroatoms. The van der Waals surface area contributed by atoms with E-state index in [-0.39, 0.29) is 17.9 Å². The monoisotopic (exact) mass is 402 g/mol. The molecule has 1 aliphatic heterocycles. The van der Waals surface area contributed by atoms with Crippen molar-refractivity contribution in [2.45, 2.75) is 57.9 Å². The van der Waals surface area contributed by atoms with Crippen LogP contribution in [-0.2, 0) is 4.79 Å². The van der Waals surface area contributed by atoms with Crippen molar-refractivity contribution < 1.29 is 14.0 Å². The number of benzene rings is 1. The number of halogens is 1. The zero-order chi connectivity index (χ0) is 19.7. The Morgan fingerprint density at radius 1 is 1.11 bits per heavy atom. The molecule has 4 rings (SSSR count). The van der Waals surface area contributed by atoms with Gasteiger partial charge in [0.25, 0.3) is 5.91 Å². The van der Waals surface area contributed by atoms with Crippen molar-refractivity contribution in [1.82, 2.24) is 10.2 Å². The van der Waals surface area contributed by atoms with Gasteiger partial charge in [0.2, 0.25) is 5.91 Å². The molecular weight excluding hydrogens is 376 g/mol. The minimum atomic E-state index is -0.193. The van der Waals surface area contributed by atoms with E-state index in [0.29, 0.717) is 22.3 Å². The van der Waals surface area contributed by atoms with Crippen LogP contribution < -0.4 is 5.32 Å². The quantitative estimate of drug-likeness (QED) is 0.809. The summed E-state index contributed by atoms with van der Waals surface area (Å²) in [5.41, 5.74) is 1.47. The molecular formula is C22H27ClN2O3. The molecule has 2 heterocycles. The number of nitrogens with zero attached hydrogens (tertiary/aromatic N) is 1. The highest BCUT2D eigenvalue weighted by atomic mass is 35.5. The van der Waals surface area contributed by atoms with Gasteiger partial charge >= 0.3 is 0 Å². The second-order valence-electron chi connectivity index (χ2n) is 8.10. The number of carbonyl (C=O) groups is 2. The first kappa shape index (κ1) is 19.3. The zero-order valence-corrected chi connectivity index (χ0v) is 17.1. The van der Waals surface area contributed by atoms with Crippen molar-refractivity contribution >= 4 is 34.4 Å². The summed E-state index contributed by atoms with van der Waals surface area (Å²) >= 11 is 6.06. The third-order valence-corrected chi connectivity index (χ3v) is 6.44. The van der Waals surface area contributed by atoms with Crippen LogP contribution in [0.4, 0.5) is 0 Å². The summed E-state index contributed by atoms with van der Waals surface area (Å²) in [7, 11) is 0. The van der Waals surface area contributed by atoms with Crippen LogP contribution in [-0.4, -0.2) is 35.8 Å². The highest BCUT2D eigenvalue weighted by molar-refractivity contribution is 6.31. The lowest BCUT2D eigenvalue weighted by Gasteiger charge is -2.35. The molecule has 1 N–H and O–H groups in total. The van der Waals surface area contributed by atoms with E-state index in [1.165, 1.54) is 19.3 Å². The van der Waals surface area contributed by atoms with Crippen LogP contribution in [0.1, 0.15) is 61.1 Å². The summed E-state index contributed by atoms with van der Waals surface area (Å²) in [5, 5.41) is 4.58. The molecule has 1 aromatic carbocycles. The van der Waals surface area contributed by atoms with Crippen LogP contribution in [0.5, 0.6) is 0 Å². The van der Waals surface area contributed by atoms with Crippen molar-refractivity contribution in [3.05, 3.63) is 34.5 Å². The van der Waals surface area contributed by atoms with Crippen LogP contribution in [0.25, 0.3) is 11.0 Å². The summed E-state index contributed by atoms with van der Waals surface area (Å²) in [6.45, 7) is 3.31. The Balaban J connectivity index is 1.35. The topological polar surface area (TPSA) is 62.6 Å². The summed E-state index contributed by atoms with van der Waals surface area (Å²) < 4.78 is 5.76. The summed E-state index contributed by atoms with van der Waals surface area (Å²) in [6.07, 6.45) is 7.24. The molecule has 1 saturated carbocycles. The molecule has 1 aromatic heterocycles. The highest BCUT2D eigenvalue weighted by Gasteiger charge is 2.30. The average Bonchev–Trinajstić information content (AvgIpc) is 3.05. The van der Waals surface area contributed by atoms with Gasteiger partial charge in [-0.2, -0.15) is 0 Å². The summed E-state index contributed by atoms with van der Waals surface area (Å²) in [6, 6.07) is 5.44. The first-order valence-corrected chi connectivity index (χ1v) is 10.7. The predicted molar refractivity (Wildman–Crippen MR) is 110 cm³/mol. The van der Waals surface area contributed by atoms with Crippen LogP contribution >= 0.6 is 11.6 Å². The number of hydrogen-bond donors (Lipinski definition) is 1. The second kappa shape index (κ2) is 8.16. The van der Waals surface area contributed by atoms with Gasteiger partial charge in [0, 0.05) is 41.0 Å². The van der Waals surface area contributed by atoms with Gasteiger partial charge in [0.15, 0.2) is 5.76 Å². The minimum absolute atomic E-state index is 0.0686. The van der Waals surface area contributed by atoms with E-state index in [4.69, 9.17) is 16.0 Å². The number of rotatable bonds is 3. The van der Waals surface area contributed by atoms with Gasteiger partial charge in [0.1, 0.15) is 5.58 Å². The highest BCUT2D eigenvalue weighted by Crippen LogP contribution is 2.29. The zero-order valence-electron chi connectivity index (χ0n) is 16.3. The Morgan fingerprint density at radius 2 is 1.82 bits per heavy atom. The maximum Gasteiger partial charge on any atom is 0.287 e. The van der Waals surface area contributed by atoms with Crippen LogP contribution in [0.3, 0.4) is 0 Å². The number of amides is 2. The number of likely N-dealkylation sites (tertiary alicyclic amines) is 1.